The van der Waals surface area contributed by atoms with Crippen LogP contribution < -0.4 is 0 Å². The van der Waals surface area contributed by atoms with Crippen LogP contribution in [0.5, 0.6) is 0 Å². The number of hydrogen-bond acceptors (Lipinski definition) is 5. The Morgan fingerprint density at radius 2 is 1.64 bits per heavy atom. The summed E-state index contributed by atoms with van der Waals surface area (Å²) in [7, 11) is 0. The van der Waals surface area contributed by atoms with E-state index in [4.69, 9.17) is 0 Å². The van der Waals surface area contributed by atoms with E-state index in [2.05, 4.69) is 20.4 Å². The van der Waals surface area contributed by atoms with Crippen molar-refractivity contribution in [2.45, 2.75) is 6.42 Å². The van der Waals surface area contributed by atoms with E-state index in [1.54, 1.807) is 12.4 Å². The van der Waals surface area contributed by atoms with Crippen molar-refractivity contribution in [2.24, 2.45) is 5.18 Å². The van der Waals surface area contributed by atoms with Crippen LogP contribution in [-0.2, 0) is 6.42 Å². The van der Waals surface area contributed by atoms with E-state index >= 15 is 0 Å². The topological polar surface area (TPSA) is 68.1 Å². The molecule has 5 nitrogen and oxygen atoms in total. The van der Waals surface area contributed by atoms with Gasteiger partial charge < -0.3 is 0 Å². The number of pyridine rings is 1. The van der Waals surface area contributed by atoms with E-state index < -0.39 is 0 Å². The SMILES string of the molecule is O=Nc1nnc(Cc2ccncc2)c2c(-c3ccccc3)cccc12. The first-order valence-corrected chi connectivity index (χ1v) is 7.93. The zero-order valence-electron chi connectivity index (χ0n) is 13.3. The first-order valence-electron chi connectivity index (χ1n) is 7.93. The van der Waals surface area contributed by atoms with Gasteiger partial charge >= 0.3 is 0 Å². The van der Waals surface area contributed by atoms with Gasteiger partial charge in [-0.3, -0.25) is 4.98 Å². The molecular formula is C20H14N4O. The van der Waals surface area contributed by atoms with Gasteiger partial charge in [0, 0.05) is 29.6 Å². The van der Waals surface area contributed by atoms with Crippen LogP contribution in [-0.4, -0.2) is 15.2 Å². The lowest BCUT2D eigenvalue weighted by Crippen LogP contribution is -1.99. The Bertz CT molecular complexity index is 1030. The largest absolute Gasteiger partial charge is 0.265 e. The number of nitrogens with zero attached hydrogens (tertiary/aromatic N) is 4. The van der Waals surface area contributed by atoms with Crippen molar-refractivity contribution in [3.8, 4) is 11.1 Å². The van der Waals surface area contributed by atoms with Gasteiger partial charge in [-0.05, 0) is 34.0 Å². The fraction of sp³-hybridized carbons (Fsp3) is 0.0500. The monoisotopic (exact) mass is 326 g/mol. The molecule has 0 N–H and O–H groups in total. The normalized spacial score (nSPS) is 10.7. The van der Waals surface area contributed by atoms with Crippen molar-refractivity contribution in [3.05, 3.63) is 89.2 Å². The smallest absolute Gasteiger partial charge is 0.225 e. The van der Waals surface area contributed by atoms with Crippen molar-refractivity contribution < 1.29 is 0 Å². The first kappa shape index (κ1) is 15.1. The summed E-state index contributed by atoms with van der Waals surface area (Å²) in [4.78, 5) is 15.2. The molecule has 0 saturated heterocycles. The van der Waals surface area contributed by atoms with Crippen LogP contribution >= 0.6 is 0 Å². The third-order valence-corrected chi connectivity index (χ3v) is 4.15. The van der Waals surface area contributed by atoms with E-state index in [1.807, 2.05) is 60.7 Å². The molecule has 5 heteroatoms. The van der Waals surface area contributed by atoms with Crippen molar-refractivity contribution in [2.75, 3.05) is 0 Å². The minimum atomic E-state index is 0.117. The molecule has 0 atom stereocenters. The molecule has 120 valence electrons. The van der Waals surface area contributed by atoms with Crippen LogP contribution in [0.4, 0.5) is 5.82 Å². The van der Waals surface area contributed by atoms with E-state index in [1.165, 1.54) is 0 Å². The summed E-state index contributed by atoms with van der Waals surface area (Å²) in [6, 6.07) is 19.7. The molecule has 0 radical (unpaired) electrons. The van der Waals surface area contributed by atoms with Crippen molar-refractivity contribution >= 4 is 16.6 Å². The molecule has 2 heterocycles. The fourth-order valence-electron chi connectivity index (χ4n) is 3.00. The van der Waals surface area contributed by atoms with E-state index in [0.29, 0.717) is 6.42 Å². The quantitative estimate of drug-likeness (QED) is 0.511. The van der Waals surface area contributed by atoms with Gasteiger partial charge in [0.05, 0.1) is 5.69 Å². The number of rotatable bonds is 4. The molecule has 0 amide bonds. The standard InChI is InChI=1S/C20H14N4O/c25-24-20-17-8-4-7-16(15-5-2-1-3-6-15)19(17)18(22-23-20)13-14-9-11-21-12-10-14/h1-12H,13H2. The van der Waals surface area contributed by atoms with Crippen molar-refractivity contribution in [1.29, 1.82) is 0 Å². The number of nitroso groups, excluding NO2 is 1. The van der Waals surface area contributed by atoms with Crippen LogP contribution in [0, 0.1) is 4.91 Å². The van der Waals surface area contributed by atoms with Gasteiger partial charge in [0.25, 0.3) is 0 Å². The molecule has 0 aliphatic carbocycles. The maximum Gasteiger partial charge on any atom is 0.225 e. The van der Waals surface area contributed by atoms with Gasteiger partial charge in [0.2, 0.25) is 5.82 Å². The fourth-order valence-corrected chi connectivity index (χ4v) is 3.00. The molecule has 0 unspecified atom stereocenters. The zero-order valence-corrected chi connectivity index (χ0v) is 13.3. The Hall–Kier alpha value is -3.47. The summed E-state index contributed by atoms with van der Waals surface area (Å²) in [6.07, 6.45) is 4.11. The van der Waals surface area contributed by atoms with Gasteiger partial charge in [-0.2, -0.15) is 5.10 Å². The number of aromatic nitrogens is 3. The third-order valence-electron chi connectivity index (χ3n) is 4.15. The van der Waals surface area contributed by atoms with Crippen LogP contribution in [0.15, 0.2) is 78.2 Å². The molecule has 4 rings (SSSR count). The average molecular weight is 326 g/mol. The van der Waals surface area contributed by atoms with Gasteiger partial charge in [-0.15, -0.1) is 10.0 Å². The maximum atomic E-state index is 11.2. The van der Waals surface area contributed by atoms with Gasteiger partial charge in [0.1, 0.15) is 0 Å². The van der Waals surface area contributed by atoms with E-state index in [0.717, 1.165) is 33.2 Å². The molecule has 0 aliphatic rings. The lowest BCUT2D eigenvalue weighted by atomic mass is 9.95. The molecule has 25 heavy (non-hydrogen) atoms. The number of fused-ring (bicyclic) bond motifs is 1. The lowest BCUT2D eigenvalue weighted by molar-refractivity contribution is 0.953. The van der Waals surface area contributed by atoms with Gasteiger partial charge in [-0.25, -0.2) is 0 Å². The molecule has 0 saturated carbocycles. The van der Waals surface area contributed by atoms with E-state index in [-0.39, 0.29) is 5.82 Å². The van der Waals surface area contributed by atoms with Crippen LogP contribution in [0.2, 0.25) is 0 Å². The second kappa shape index (κ2) is 6.57. The summed E-state index contributed by atoms with van der Waals surface area (Å²) in [5.74, 6) is 0.117. The van der Waals surface area contributed by atoms with Gasteiger partial charge in [0.15, 0.2) is 0 Å². The Labute approximate surface area is 144 Å². The number of hydrogen-bond donors (Lipinski definition) is 0. The second-order valence-corrected chi connectivity index (χ2v) is 5.69. The minimum Gasteiger partial charge on any atom is -0.265 e. The molecular weight excluding hydrogens is 312 g/mol. The van der Waals surface area contributed by atoms with Gasteiger partial charge in [-0.1, -0.05) is 48.5 Å². The zero-order chi connectivity index (χ0) is 17.1. The third kappa shape index (κ3) is 2.87. The van der Waals surface area contributed by atoms with Crippen molar-refractivity contribution in [3.63, 3.8) is 0 Å². The summed E-state index contributed by atoms with van der Waals surface area (Å²) in [5.41, 5.74) is 3.98. The Balaban J connectivity index is 1.98. The molecule has 2 aromatic carbocycles. The minimum absolute atomic E-state index is 0.117. The Morgan fingerprint density at radius 1 is 0.840 bits per heavy atom. The molecule has 4 aromatic rings. The number of benzene rings is 2. The first-order chi connectivity index (χ1) is 12.4. The molecule has 0 fully saturated rings. The molecule has 2 aromatic heterocycles. The summed E-state index contributed by atoms with van der Waals surface area (Å²) in [5, 5.41) is 13.0. The van der Waals surface area contributed by atoms with Crippen molar-refractivity contribution in [1.82, 2.24) is 15.2 Å². The second-order valence-electron chi connectivity index (χ2n) is 5.69. The van der Waals surface area contributed by atoms with E-state index in [9.17, 15) is 4.91 Å². The van der Waals surface area contributed by atoms with Crippen LogP contribution in [0.3, 0.4) is 0 Å². The highest BCUT2D eigenvalue weighted by Gasteiger charge is 2.15. The Kier molecular flexibility index (Phi) is 3.96. The maximum absolute atomic E-state index is 11.2. The summed E-state index contributed by atoms with van der Waals surface area (Å²) >= 11 is 0. The lowest BCUT2D eigenvalue weighted by Gasteiger charge is -2.11. The Morgan fingerprint density at radius 3 is 2.40 bits per heavy atom. The summed E-state index contributed by atoms with van der Waals surface area (Å²) < 4.78 is 0. The predicted octanol–water partition coefficient (Wildman–Crippen LogP) is 4.68. The summed E-state index contributed by atoms with van der Waals surface area (Å²) in [6.45, 7) is 0. The molecule has 0 spiro atoms. The highest BCUT2D eigenvalue weighted by molar-refractivity contribution is 6.02. The molecule has 0 aliphatic heterocycles. The highest BCUT2D eigenvalue weighted by atomic mass is 16.3. The van der Waals surface area contributed by atoms with Crippen LogP contribution in [0.25, 0.3) is 21.9 Å². The van der Waals surface area contributed by atoms with Crippen LogP contribution in [0.1, 0.15) is 11.3 Å². The highest BCUT2D eigenvalue weighted by Crippen LogP contribution is 2.34. The predicted molar refractivity (Wildman–Crippen MR) is 97.5 cm³/mol. The average Bonchev–Trinajstić information content (AvgIpc) is 2.69. The molecule has 0 bridgehead atoms.